The van der Waals surface area contributed by atoms with Gasteiger partial charge in [0.05, 0.1) is 4.47 Å². The summed E-state index contributed by atoms with van der Waals surface area (Å²) in [6.07, 6.45) is 8.55. The van der Waals surface area contributed by atoms with Crippen LogP contribution in [0.4, 0.5) is 8.78 Å². The molecule has 0 saturated carbocycles. The van der Waals surface area contributed by atoms with Crippen molar-refractivity contribution in [3.63, 3.8) is 0 Å². The van der Waals surface area contributed by atoms with Crippen molar-refractivity contribution in [2.24, 2.45) is 0 Å². The summed E-state index contributed by atoms with van der Waals surface area (Å²) >= 11 is 3.14. The smallest absolute Gasteiger partial charge is 0.173 e. The lowest BCUT2D eigenvalue weighted by Gasteiger charge is -2.20. The van der Waals surface area contributed by atoms with Gasteiger partial charge in [0.25, 0.3) is 0 Å². The van der Waals surface area contributed by atoms with Crippen LogP contribution in [0.15, 0.2) is 16.6 Å². The summed E-state index contributed by atoms with van der Waals surface area (Å²) in [5, 5.41) is 3.34. The molecule has 0 heterocycles. The maximum atomic E-state index is 13.6. The molecule has 0 fully saturated rings. The van der Waals surface area contributed by atoms with Gasteiger partial charge in [0, 0.05) is 12.5 Å². The van der Waals surface area contributed by atoms with E-state index in [9.17, 15) is 8.78 Å². The van der Waals surface area contributed by atoms with Crippen LogP contribution in [-0.2, 0) is 0 Å². The van der Waals surface area contributed by atoms with Crippen LogP contribution in [0.2, 0.25) is 0 Å². The summed E-state index contributed by atoms with van der Waals surface area (Å²) in [6.45, 7) is 2.89. The summed E-state index contributed by atoms with van der Waals surface area (Å²) in [5.74, 6) is 0.917. The van der Waals surface area contributed by atoms with Crippen molar-refractivity contribution in [3.8, 4) is 12.3 Å². The van der Waals surface area contributed by atoms with Gasteiger partial charge in [0.1, 0.15) is 0 Å². The molecular formula is C15H18BrF2N. The fraction of sp³-hybridized carbons (Fsp3) is 0.467. The highest BCUT2D eigenvalue weighted by atomic mass is 79.9. The predicted octanol–water partition coefficient (Wildman–Crippen LogP) is 4.57. The summed E-state index contributed by atoms with van der Waals surface area (Å²) < 4.78 is 26.9. The Balaban J connectivity index is 2.90. The van der Waals surface area contributed by atoms with Gasteiger partial charge in [-0.15, -0.1) is 12.3 Å². The topological polar surface area (TPSA) is 12.0 Å². The highest BCUT2D eigenvalue weighted by molar-refractivity contribution is 9.10. The molecule has 0 amide bonds. The van der Waals surface area contributed by atoms with Crippen molar-refractivity contribution in [1.29, 1.82) is 0 Å². The standard InChI is InChI=1S/C15H18BrF2N/c1-3-5-6-7-13(19-10-4-2)11-8-9-12(17)15(18)14(11)16/h1,8-9,13,19H,4-7,10H2,2H3. The number of nitrogens with one attached hydrogen (secondary N) is 1. The van der Waals surface area contributed by atoms with E-state index in [1.165, 1.54) is 0 Å². The molecule has 1 N–H and O–H groups in total. The molecule has 1 aromatic rings. The molecule has 1 rings (SSSR count). The lowest BCUT2D eigenvalue weighted by molar-refractivity contribution is 0.469. The first-order valence-corrected chi connectivity index (χ1v) is 7.21. The molecule has 1 aromatic carbocycles. The van der Waals surface area contributed by atoms with Gasteiger partial charge < -0.3 is 5.32 Å². The second-order valence-corrected chi connectivity index (χ2v) is 5.16. The lowest BCUT2D eigenvalue weighted by atomic mass is 10.0. The Bertz CT molecular complexity index is 454. The molecule has 19 heavy (non-hydrogen) atoms. The van der Waals surface area contributed by atoms with Crippen LogP contribution in [0.25, 0.3) is 0 Å². The normalized spacial score (nSPS) is 12.2. The van der Waals surface area contributed by atoms with E-state index >= 15 is 0 Å². The van der Waals surface area contributed by atoms with Crippen LogP contribution in [-0.4, -0.2) is 6.54 Å². The number of unbranched alkanes of at least 4 members (excludes halogenated alkanes) is 1. The van der Waals surface area contributed by atoms with Crippen molar-refractivity contribution in [3.05, 3.63) is 33.8 Å². The van der Waals surface area contributed by atoms with Crippen molar-refractivity contribution >= 4 is 15.9 Å². The molecule has 4 heteroatoms. The fourth-order valence-corrected chi connectivity index (χ4v) is 2.50. The van der Waals surface area contributed by atoms with Crippen molar-refractivity contribution < 1.29 is 8.78 Å². The zero-order valence-electron chi connectivity index (χ0n) is 11.0. The van der Waals surface area contributed by atoms with Crippen LogP contribution in [0, 0.1) is 24.0 Å². The van der Waals surface area contributed by atoms with Gasteiger partial charge in [-0.25, -0.2) is 8.78 Å². The maximum absolute atomic E-state index is 13.6. The Kier molecular flexibility index (Phi) is 7.04. The molecule has 0 spiro atoms. The SMILES string of the molecule is C#CCCCC(NCCC)c1ccc(F)c(F)c1Br. The largest absolute Gasteiger partial charge is 0.310 e. The molecule has 0 radical (unpaired) electrons. The fourth-order valence-electron chi connectivity index (χ4n) is 1.90. The molecule has 0 aliphatic heterocycles. The molecule has 1 atom stereocenters. The van der Waals surface area contributed by atoms with Gasteiger partial charge in [-0.3, -0.25) is 0 Å². The summed E-state index contributed by atoms with van der Waals surface area (Å²) in [5.41, 5.74) is 0.740. The second-order valence-electron chi connectivity index (χ2n) is 4.37. The third-order valence-electron chi connectivity index (χ3n) is 2.90. The molecule has 1 unspecified atom stereocenters. The minimum absolute atomic E-state index is 0.0159. The van der Waals surface area contributed by atoms with Crippen LogP contribution < -0.4 is 5.32 Å². The maximum Gasteiger partial charge on any atom is 0.173 e. The average molecular weight is 330 g/mol. The van der Waals surface area contributed by atoms with E-state index < -0.39 is 11.6 Å². The second kappa shape index (κ2) is 8.29. The number of rotatable bonds is 7. The molecule has 1 nitrogen and oxygen atoms in total. The van der Waals surface area contributed by atoms with Crippen molar-refractivity contribution in [1.82, 2.24) is 5.32 Å². The lowest BCUT2D eigenvalue weighted by Crippen LogP contribution is -2.23. The highest BCUT2D eigenvalue weighted by Crippen LogP contribution is 2.30. The first-order valence-electron chi connectivity index (χ1n) is 6.42. The van der Waals surface area contributed by atoms with E-state index in [1.807, 2.05) is 0 Å². The van der Waals surface area contributed by atoms with Crippen LogP contribution in [0.3, 0.4) is 0 Å². The molecular weight excluding hydrogens is 312 g/mol. The molecule has 0 bridgehead atoms. The van der Waals surface area contributed by atoms with E-state index in [2.05, 4.69) is 34.1 Å². The monoisotopic (exact) mass is 329 g/mol. The first-order chi connectivity index (χ1) is 9.11. The Morgan fingerprint density at radius 1 is 1.42 bits per heavy atom. The van der Waals surface area contributed by atoms with E-state index in [-0.39, 0.29) is 10.5 Å². The number of terminal acetylenes is 1. The summed E-state index contributed by atoms with van der Waals surface area (Å²) in [4.78, 5) is 0. The number of benzene rings is 1. The van der Waals surface area contributed by atoms with Crippen LogP contribution >= 0.6 is 15.9 Å². The summed E-state index contributed by atoms with van der Waals surface area (Å²) in [6, 6.07) is 2.76. The molecule has 0 aromatic heterocycles. The van der Waals surface area contributed by atoms with E-state index in [1.54, 1.807) is 6.07 Å². The number of hydrogen-bond acceptors (Lipinski definition) is 1. The van der Waals surface area contributed by atoms with Crippen molar-refractivity contribution in [2.45, 2.75) is 38.6 Å². The first kappa shape index (κ1) is 16.1. The van der Waals surface area contributed by atoms with Gasteiger partial charge in [0.15, 0.2) is 11.6 Å². The van der Waals surface area contributed by atoms with Gasteiger partial charge in [-0.2, -0.15) is 0 Å². The molecule has 104 valence electrons. The molecule has 0 aliphatic carbocycles. The molecule has 0 saturated heterocycles. The number of halogens is 3. The minimum atomic E-state index is -0.839. The Hall–Kier alpha value is -0.920. The van der Waals surface area contributed by atoms with Crippen molar-refractivity contribution in [2.75, 3.05) is 6.54 Å². The van der Waals surface area contributed by atoms with E-state index in [0.717, 1.165) is 37.4 Å². The van der Waals surface area contributed by atoms with Gasteiger partial charge in [-0.1, -0.05) is 13.0 Å². The number of hydrogen-bond donors (Lipinski definition) is 1. The van der Waals surface area contributed by atoms with Gasteiger partial charge >= 0.3 is 0 Å². The van der Waals surface area contributed by atoms with Gasteiger partial charge in [-0.05, 0) is 53.4 Å². The zero-order chi connectivity index (χ0) is 14.3. The predicted molar refractivity (Wildman–Crippen MR) is 77.8 cm³/mol. The quantitative estimate of drug-likeness (QED) is 0.439. The van der Waals surface area contributed by atoms with Gasteiger partial charge in [0.2, 0.25) is 0 Å². The van der Waals surface area contributed by atoms with Crippen LogP contribution in [0.1, 0.15) is 44.2 Å². The third-order valence-corrected chi connectivity index (χ3v) is 3.70. The van der Waals surface area contributed by atoms with E-state index in [4.69, 9.17) is 6.42 Å². The zero-order valence-corrected chi connectivity index (χ0v) is 12.6. The highest BCUT2D eigenvalue weighted by Gasteiger charge is 2.18. The summed E-state index contributed by atoms with van der Waals surface area (Å²) in [7, 11) is 0. The Morgan fingerprint density at radius 2 is 2.16 bits per heavy atom. The third kappa shape index (κ3) is 4.59. The Morgan fingerprint density at radius 3 is 2.79 bits per heavy atom. The average Bonchev–Trinajstić information content (AvgIpc) is 2.41. The Labute approximate surface area is 121 Å². The minimum Gasteiger partial charge on any atom is -0.310 e. The van der Waals surface area contributed by atoms with Crippen LogP contribution in [0.5, 0.6) is 0 Å². The molecule has 0 aliphatic rings. The van der Waals surface area contributed by atoms with E-state index in [0.29, 0.717) is 6.42 Å².